The van der Waals surface area contributed by atoms with E-state index in [0.717, 1.165) is 21.5 Å². The Bertz CT molecular complexity index is 722. The Kier molecular flexibility index (Phi) is 6.12. The lowest BCUT2D eigenvalue weighted by Crippen LogP contribution is -2.22. The van der Waals surface area contributed by atoms with Crippen LogP contribution in [0, 0.1) is 0 Å². The van der Waals surface area contributed by atoms with E-state index >= 15 is 0 Å². The lowest BCUT2D eigenvalue weighted by Gasteiger charge is -2.09. The average Bonchev–Trinajstić information content (AvgIpc) is 2.53. The molecule has 0 amide bonds. The average molecular weight is 399 g/mol. The number of halogens is 2. The number of rotatable bonds is 5. The molecule has 0 aromatic heterocycles. The van der Waals surface area contributed by atoms with Crippen LogP contribution < -0.4 is 20.5 Å². The molecule has 0 aliphatic rings. The SMILES string of the molecule is COc1ccc(NC(N)=NCc2ccc(OC)c(Br)c2)cc1Cl. The van der Waals surface area contributed by atoms with E-state index in [4.69, 9.17) is 26.8 Å². The van der Waals surface area contributed by atoms with Crippen molar-refractivity contribution >= 4 is 39.2 Å². The van der Waals surface area contributed by atoms with E-state index in [0.29, 0.717) is 23.3 Å². The van der Waals surface area contributed by atoms with Gasteiger partial charge in [0.1, 0.15) is 11.5 Å². The molecule has 7 heteroatoms. The summed E-state index contributed by atoms with van der Waals surface area (Å²) in [6.45, 7) is 0.450. The third kappa shape index (κ3) is 4.77. The number of ether oxygens (including phenoxy) is 2. The number of aliphatic imine (C=N–C) groups is 1. The van der Waals surface area contributed by atoms with Crippen molar-refractivity contribution < 1.29 is 9.47 Å². The first-order valence-electron chi connectivity index (χ1n) is 6.76. The van der Waals surface area contributed by atoms with Crippen molar-refractivity contribution in [3.8, 4) is 11.5 Å². The number of nitrogens with two attached hydrogens (primary N) is 1. The Hall–Kier alpha value is -1.92. The van der Waals surface area contributed by atoms with E-state index in [1.54, 1.807) is 26.4 Å². The summed E-state index contributed by atoms with van der Waals surface area (Å²) in [6, 6.07) is 11.1. The number of hydrogen-bond donors (Lipinski definition) is 2. The highest BCUT2D eigenvalue weighted by molar-refractivity contribution is 9.10. The van der Waals surface area contributed by atoms with E-state index < -0.39 is 0 Å². The van der Waals surface area contributed by atoms with Gasteiger partial charge in [0.05, 0.1) is 30.3 Å². The Morgan fingerprint density at radius 2 is 1.87 bits per heavy atom. The lowest BCUT2D eigenvalue weighted by atomic mass is 10.2. The molecule has 0 unspecified atom stereocenters. The minimum Gasteiger partial charge on any atom is -0.496 e. The van der Waals surface area contributed by atoms with Crippen LogP contribution in [0.3, 0.4) is 0 Å². The van der Waals surface area contributed by atoms with E-state index in [2.05, 4.69) is 26.2 Å². The number of guanidine groups is 1. The van der Waals surface area contributed by atoms with Crippen LogP contribution in [-0.2, 0) is 6.54 Å². The number of nitrogens with one attached hydrogen (secondary N) is 1. The fraction of sp³-hybridized carbons (Fsp3) is 0.188. The van der Waals surface area contributed by atoms with Crippen LogP contribution in [0.2, 0.25) is 5.02 Å². The quantitative estimate of drug-likeness (QED) is 0.589. The fourth-order valence-corrected chi connectivity index (χ4v) is 2.76. The maximum Gasteiger partial charge on any atom is 0.193 e. The van der Waals surface area contributed by atoms with Gasteiger partial charge in [-0.2, -0.15) is 0 Å². The van der Waals surface area contributed by atoms with Crippen LogP contribution in [0.5, 0.6) is 11.5 Å². The van der Waals surface area contributed by atoms with Crippen LogP contribution in [0.25, 0.3) is 0 Å². The molecule has 0 aliphatic carbocycles. The molecule has 0 radical (unpaired) electrons. The Labute approximate surface area is 148 Å². The van der Waals surface area contributed by atoms with Crippen molar-refractivity contribution in [2.75, 3.05) is 19.5 Å². The predicted molar refractivity (Wildman–Crippen MR) is 97.6 cm³/mol. The zero-order valence-electron chi connectivity index (χ0n) is 12.8. The summed E-state index contributed by atoms with van der Waals surface area (Å²) in [5.41, 5.74) is 7.65. The summed E-state index contributed by atoms with van der Waals surface area (Å²) in [7, 11) is 3.19. The molecule has 5 nitrogen and oxygen atoms in total. The highest BCUT2D eigenvalue weighted by Gasteiger charge is 2.04. The molecule has 2 rings (SSSR count). The molecular formula is C16H17BrClN3O2. The highest BCUT2D eigenvalue weighted by atomic mass is 79.9. The van der Waals surface area contributed by atoms with E-state index in [1.807, 2.05) is 24.3 Å². The van der Waals surface area contributed by atoms with Crippen molar-refractivity contribution in [3.05, 3.63) is 51.5 Å². The van der Waals surface area contributed by atoms with Crippen molar-refractivity contribution in [2.45, 2.75) is 6.54 Å². The standard InChI is InChI=1S/C16H17BrClN3O2/c1-22-14-5-3-10(7-12(14)17)9-20-16(19)21-11-4-6-15(23-2)13(18)8-11/h3-8H,9H2,1-2H3,(H3,19,20,21). The molecule has 0 heterocycles. The van der Waals surface area contributed by atoms with Gasteiger partial charge in [-0.3, -0.25) is 0 Å². The third-order valence-electron chi connectivity index (χ3n) is 3.07. The second-order valence-corrected chi connectivity index (χ2v) is 5.91. The zero-order valence-corrected chi connectivity index (χ0v) is 15.1. The number of hydrogen-bond acceptors (Lipinski definition) is 3. The maximum absolute atomic E-state index is 6.07. The van der Waals surface area contributed by atoms with E-state index in [9.17, 15) is 0 Å². The Balaban J connectivity index is 2.02. The number of methoxy groups -OCH3 is 2. The van der Waals surface area contributed by atoms with Crippen molar-refractivity contribution in [2.24, 2.45) is 10.7 Å². The number of benzene rings is 2. The second kappa shape index (κ2) is 8.08. The van der Waals surface area contributed by atoms with E-state index in [1.165, 1.54) is 0 Å². The first-order valence-corrected chi connectivity index (χ1v) is 7.93. The first kappa shape index (κ1) is 17.4. The summed E-state index contributed by atoms with van der Waals surface area (Å²) in [6.07, 6.45) is 0. The minimum absolute atomic E-state index is 0.304. The van der Waals surface area contributed by atoms with Crippen LogP contribution in [0.4, 0.5) is 5.69 Å². The molecule has 3 N–H and O–H groups in total. The summed E-state index contributed by atoms with van der Waals surface area (Å²) in [4.78, 5) is 4.31. The Morgan fingerprint density at radius 1 is 1.17 bits per heavy atom. The minimum atomic E-state index is 0.304. The summed E-state index contributed by atoms with van der Waals surface area (Å²) in [5.74, 6) is 1.69. The van der Waals surface area contributed by atoms with E-state index in [-0.39, 0.29) is 0 Å². The van der Waals surface area contributed by atoms with Crippen molar-refractivity contribution in [3.63, 3.8) is 0 Å². The largest absolute Gasteiger partial charge is 0.496 e. The normalized spacial score (nSPS) is 11.2. The van der Waals surface area contributed by atoms with Gasteiger partial charge in [0.15, 0.2) is 5.96 Å². The van der Waals surface area contributed by atoms with Gasteiger partial charge in [0.25, 0.3) is 0 Å². The van der Waals surface area contributed by atoms with Crippen LogP contribution in [0.1, 0.15) is 5.56 Å². The van der Waals surface area contributed by atoms with Gasteiger partial charge in [-0.25, -0.2) is 4.99 Å². The first-order chi connectivity index (χ1) is 11.0. The predicted octanol–water partition coefficient (Wildman–Crippen LogP) is 4.05. The molecule has 0 aliphatic heterocycles. The lowest BCUT2D eigenvalue weighted by molar-refractivity contribution is 0.412. The maximum atomic E-state index is 6.07. The van der Waals surface area contributed by atoms with Crippen LogP contribution >= 0.6 is 27.5 Å². The molecule has 23 heavy (non-hydrogen) atoms. The number of nitrogens with zero attached hydrogens (tertiary/aromatic N) is 1. The van der Waals surface area contributed by atoms with Gasteiger partial charge in [-0.15, -0.1) is 0 Å². The molecule has 0 spiro atoms. The van der Waals surface area contributed by atoms with Gasteiger partial charge < -0.3 is 20.5 Å². The zero-order chi connectivity index (χ0) is 16.8. The molecule has 2 aromatic carbocycles. The third-order valence-corrected chi connectivity index (χ3v) is 3.99. The monoisotopic (exact) mass is 397 g/mol. The summed E-state index contributed by atoms with van der Waals surface area (Å²) >= 11 is 9.51. The molecule has 2 aromatic rings. The molecular weight excluding hydrogens is 382 g/mol. The van der Waals surface area contributed by atoms with Crippen molar-refractivity contribution in [1.29, 1.82) is 0 Å². The molecule has 0 saturated heterocycles. The molecule has 0 fully saturated rings. The molecule has 0 atom stereocenters. The fourth-order valence-electron chi connectivity index (χ4n) is 1.92. The Morgan fingerprint density at radius 3 is 2.48 bits per heavy atom. The van der Waals surface area contributed by atoms with Gasteiger partial charge in [0, 0.05) is 5.69 Å². The van der Waals surface area contributed by atoms with Gasteiger partial charge >= 0.3 is 0 Å². The van der Waals surface area contributed by atoms with Gasteiger partial charge in [0.2, 0.25) is 0 Å². The molecule has 122 valence electrons. The summed E-state index contributed by atoms with van der Waals surface area (Å²) < 4.78 is 11.2. The van der Waals surface area contributed by atoms with Gasteiger partial charge in [-0.1, -0.05) is 17.7 Å². The smallest absolute Gasteiger partial charge is 0.193 e. The highest BCUT2D eigenvalue weighted by Crippen LogP contribution is 2.27. The van der Waals surface area contributed by atoms with Gasteiger partial charge in [-0.05, 0) is 51.8 Å². The van der Waals surface area contributed by atoms with Crippen molar-refractivity contribution in [1.82, 2.24) is 0 Å². The van der Waals surface area contributed by atoms with Crippen LogP contribution in [0.15, 0.2) is 45.9 Å². The topological polar surface area (TPSA) is 68.9 Å². The molecule has 0 bridgehead atoms. The second-order valence-electron chi connectivity index (χ2n) is 4.64. The summed E-state index contributed by atoms with van der Waals surface area (Å²) in [5, 5.41) is 3.50. The number of anilines is 1. The van der Waals surface area contributed by atoms with Crippen LogP contribution in [-0.4, -0.2) is 20.2 Å². The molecule has 0 saturated carbocycles.